The van der Waals surface area contributed by atoms with Gasteiger partial charge < -0.3 is 19.1 Å². The standard InChI is InChI=1S/C15H18N4O4/c1-10-4-13(23-18-10)15(21)19-2-3-22-8-11(7-19)5-12-6-14(20)17-9-16-12/h4,6,9,11H,2-3,5,7-8H2,1H3,(H,16,17,20). The van der Waals surface area contributed by atoms with E-state index in [-0.39, 0.29) is 23.1 Å². The van der Waals surface area contributed by atoms with E-state index in [1.165, 1.54) is 12.4 Å². The molecule has 0 radical (unpaired) electrons. The Bertz CT molecular complexity index is 739. The maximum atomic E-state index is 12.5. The summed E-state index contributed by atoms with van der Waals surface area (Å²) in [6, 6.07) is 3.10. The summed E-state index contributed by atoms with van der Waals surface area (Å²) in [6.07, 6.45) is 1.96. The SMILES string of the molecule is Cc1cc(C(=O)N2CCOCC(Cc3cc(=O)[nH]cn3)C2)on1. The number of aryl methyl sites for hydroxylation is 1. The highest BCUT2D eigenvalue weighted by molar-refractivity contribution is 5.91. The van der Waals surface area contributed by atoms with Crippen LogP contribution in [-0.4, -0.2) is 52.2 Å². The molecule has 23 heavy (non-hydrogen) atoms. The minimum absolute atomic E-state index is 0.0692. The Hall–Kier alpha value is -2.48. The third-order valence-electron chi connectivity index (χ3n) is 3.70. The second kappa shape index (κ2) is 6.74. The maximum Gasteiger partial charge on any atom is 0.292 e. The van der Waals surface area contributed by atoms with E-state index >= 15 is 0 Å². The van der Waals surface area contributed by atoms with Crippen LogP contribution < -0.4 is 5.56 Å². The second-order valence-electron chi connectivity index (χ2n) is 5.63. The predicted octanol–water partition coefficient (Wildman–Crippen LogP) is 0.398. The molecule has 0 aliphatic carbocycles. The van der Waals surface area contributed by atoms with Crippen molar-refractivity contribution in [1.29, 1.82) is 0 Å². The van der Waals surface area contributed by atoms with Crippen molar-refractivity contribution >= 4 is 5.91 Å². The smallest absolute Gasteiger partial charge is 0.292 e. The summed E-state index contributed by atoms with van der Waals surface area (Å²) in [5.41, 5.74) is 1.17. The first kappa shape index (κ1) is 15.4. The molecule has 1 atom stereocenters. The number of aromatic amines is 1. The van der Waals surface area contributed by atoms with Gasteiger partial charge in [0.25, 0.3) is 11.5 Å². The van der Waals surface area contributed by atoms with Gasteiger partial charge in [-0.05, 0) is 13.3 Å². The van der Waals surface area contributed by atoms with Gasteiger partial charge in [-0.3, -0.25) is 9.59 Å². The van der Waals surface area contributed by atoms with Crippen LogP contribution in [0.25, 0.3) is 0 Å². The third-order valence-corrected chi connectivity index (χ3v) is 3.70. The Kier molecular flexibility index (Phi) is 4.52. The van der Waals surface area contributed by atoms with Crippen molar-refractivity contribution in [3.63, 3.8) is 0 Å². The first-order chi connectivity index (χ1) is 11.1. The van der Waals surface area contributed by atoms with Crippen LogP contribution in [0.5, 0.6) is 0 Å². The van der Waals surface area contributed by atoms with Gasteiger partial charge in [-0.25, -0.2) is 4.98 Å². The van der Waals surface area contributed by atoms with Crippen molar-refractivity contribution in [2.75, 3.05) is 26.3 Å². The van der Waals surface area contributed by atoms with E-state index in [9.17, 15) is 9.59 Å². The number of aromatic nitrogens is 3. The fraction of sp³-hybridized carbons (Fsp3) is 0.467. The third kappa shape index (κ3) is 3.84. The summed E-state index contributed by atoms with van der Waals surface area (Å²) in [6.45, 7) is 3.78. The molecule has 0 spiro atoms. The summed E-state index contributed by atoms with van der Waals surface area (Å²) >= 11 is 0. The molecule has 8 nitrogen and oxygen atoms in total. The van der Waals surface area contributed by atoms with Gasteiger partial charge in [-0.15, -0.1) is 0 Å². The topological polar surface area (TPSA) is 101 Å². The van der Waals surface area contributed by atoms with Crippen LogP contribution in [0.3, 0.4) is 0 Å². The summed E-state index contributed by atoms with van der Waals surface area (Å²) in [5, 5.41) is 3.75. The number of nitrogens with one attached hydrogen (secondary N) is 1. The lowest BCUT2D eigenvalue weighted by atomic mass is 10.0. The van der Waals surface area contributed by atoms with Gasteiger partial charge in [0, 0.05) is 36.8 Å². The molecule has 8 heteroatoms. The van der Waals surface area contributed by atoms with Crippen LogP contribution in [0, 0.1) is 12.8 Å². The largest absolute Gasteiger partial charge is 0.379 e. The number of hydrogen-bond donors (Lipinski definition) is 1. The molecule has 0 bridgehead atoms. The fourth-order valence-electron chi connectivity index (χ4n) is 2.63. The number of nitrogens with zero attached hydrogens (tertiary/aromatic N) is 3. The summed E-state index contributed by atoms with van der Waals surface area (Å²) in [7, 11) is 0. The molecule has 1 amide bonds. The summed E-state index contributed by atoms with van der Waals surface area (Å²) < 4.78 is 10.6. The molecule has 2 aromatic heterocycles. The molecule has 0 saturated carbocycles. The zero-order valence-corrected chi connectivity index (χ0v) is 12.8. The molecular weight excluding hydrogens is 300 g/mol. The lowest BCUT2D eigenvalue weighted by Gasteiger charge is -2.22. The quantitative estimate of drug-likeness (QED) is 0.879. The zero-order valence-electron chi connectivity index (χ0n) is 12.8. The molecule has 122 valence electrons. The van der Waals surface area contributed by atoms with E-state index in [1.807, 2.05) is 0 Å². The molecule has 1 aliphatic rings. The van der Waals surface area contributed by atoms with Crippen molar-refractivity contribution in [2.24, 2.45) is 5.92 Å². The average Bonchev–Trinajstić information content (AvgIpc) is 2.82. The van der Waals surface area contributed by atoms with Crippen molar-refractivity contribution in [3.8, 4) is 0 Å². The highest BCUT2D eigenvalue weighted by Gasteiger charge is 2.26. The highest BCUT2D eigenvalue weighted by Crippen LogP contribution is 2.15. The highest BCUT2D eigenvalue weighted by atomic mass is 16.5. The number of hydrogen-bond acceptors (Lipinski definition) is 6. The molecule has 1 aliphatic heterocycles. The predicted molar refractivity (Wildman–Crippen MR) is 80.0 cm³/mol. The van der Waals surface area contributed by atoms with Crippen molar-refractivity contribution in [2.45, 2.75) is 13.3 Å². The molecule has 2 aromatic rings. The summed E-state index contributed by atoms with van der Waals surface area (Å²) in [4.78, 5) is 32.2. The van der Waals surface area contributed by atoms with Crippen molar-refractivity contribution < 1.29 is 14.1 Å². The first-order valence-corrected chi connectivity index (χ1v) is 7.46. The lowest BCUT2D eigenvalue weighted by molar-refractivity contribution is 0.0695. The van der Waals surface area contributed by atoms with Crippen LogP contribution in [-0.2, 0) is 11.2 Å². The number of amides is 1. The molecular formula is C15H18N4O4. The minimum Gasteiger partial charge on any atom is -0.379 e. The minimum atomic E-state index is -0.194. The fourth-order valence-corrected chi connectivity index (χ4v) is 2.63. The first-order valence-electron chi connectivity index (χ1n) is 7.46. The molecule has 1 saturated heterocycles. The normalized spacial score (nSPS) is 18.7. The Labute approximate surface area is 132 Å². The van der Waals surface area contributed by atoms with Crippen LogP contribution in [0.1, 0.15) is 21.9 Å². The number of carbonyl (C=O) groups is 1. The van der Waals surface area contributed by atoms with Crippen LogP contribution >= 0.6 is 0 Å². The Morgan fingerprint density at radius 1 is 1.48 bits per heavy atom. The zero-order chi connectivity index (χ0) is 16.2. The molecule has 1 fully saturated rings. The van der Waals surface area contributed by atoms with E-state index < -0.39 is 0 Å². The number of ether oxygens (including phenoxy) is 1. The van der Waals surface area contributed by atoms with Gasteiger partial charge in [0.15, 0.2) is 0 Å². The van der Waals surface area contributed by atoms with Gasteiger partial charge in [0.2, 0.25) is 5.76 Å². The van der Waals surface area contributed by atoms with E-state index in [1.54, 1.807) is 17.9 Å². The van der Waals surface area contributed by atoms with E-state index in [2.05, 4.69) is 15.1 Å². The monoisotopic (exact) mass is 318 g/mol. The van der Waals surface area contributed by atoms with Crippen LogP contribution in [0.15, 0.2) is 27.8 Å². The Balaban J connectivity index is 1.70. The number of carbonyl (C=O) groups excluding carboxylic acids is 1. The van der Waals surface area contributed by atoms with Crippen molar-refractivity contribution in [1.82, 2.24) is 20.0 Å². The van der Waals surface area contributed by atoms with E-state index in [0.717, 1.165) is 0 Å². The lowest BCUT2D eigenvalue weighted by Crippen LogP contribution is -2.36. The molecule has 1 unspecified atom stereocenters. The van der Waals surface area contributed by atoms with Crippen LogP contribution in [0.4, 0.5) is 0 Å². The van der Waals surface area contributed by atoms with Gasteiger partial charge in [0.05, 0.1) is 25.2 Å². The maximum absolute atomic E-state index is 12.5. The molecule has 3 rings (SSSR count). The summed E-state index contributed by atoms with van der Waals surface area (Å²) in [5.74, 6) is 0.108. The Morgan fingerprint density at radius 3 is 3.09 bits per heavy atom. The number of rotatable bonds is 3. The van der Waals surface area contributed by atoms with E-state index in [4.69, 9.17) is 9.26 Å². The van der Waals surface area contributed by atoms with Gasteiger partial charge in [-0.1, -0.05) is 5.16 Å². The van der Waals surface area contributed by atoms with Gasteiger partial charge in [-0.2, -0.15) is 0 Å². The van der Waals surface area contributed by atoms with Crippen LogP contribution in [0.2, 0.25) is 0 Å². The second-order valence-corrected chi connectivity index (χ2v) is 5.63. The van der Waals surface area contributed by atoms with Gasteiger partial charge >= 0.3 is 0 Å². The molecule has 3 heterocycles. The van der Waals surface area contributed by atoms with Gasteiger partial charge in [0.1, 0.15) is 0 Å². The van der Waals surface area contributed by atoms with Crippen molar-refractivity contribution in [3.05, 3.63) is 46.0 Å². The average molecular weight is 318 g/mol. The molecule has 0 aromatic carbocycles. The molecule has 1 N–H and O–H groups in total. The Morgan fingerprint density at radius 2 is 2.35 bits per heavy atom. The number of H-pyrrole nitrogens is 1. The van der Waals surface area contributed by atoms with E-state index in [0.29, 0.717) is 44.1 Å².